The Bertz CT molecular complexity index is 586. The van der Waals surface area contributed by atoms with Crippen LogP contribution >= 0.6 is 0 Å². The van der Waals surface area contributed by atoms with Crippen molar-refractivity contribution in [2.75, 3.05) is 0 Å². The summed E-state index contributed by atoms with van der Waals surface area (Å²) in [6.45, 7) is 4.34. The fraction of sp³-hybridized carbons (Fsp3) is 0.909. The average Bonchev–Trinajstić information content (AvgIpc) is 2.66. The van der Waals surface area contributed by atoms with Crippen LogP contribution in [-0.4, -0.2) is 36.2 Å². The maximum atomic E-state index is 12.3. The molecule has 0 heterocycles. The Morgan fingerprint density at radius 1 is 0.812 bits per heavy atom. The van der Waals surface area contributed by atoms with Crippen LogP contribution in [0.2, 0.25) is 0 Å². The van der Waals surface area contributed by atoms with Gasteiger partial charge in [0, 0.05) is 0 Å². The van der Waals surface area contributed by atoms with Gasteiger partial charge in [0.2, 0.25) is 5.91 Å². The van der Waals surface area contributed by atoms with Crippen molar-refractivity contribution < 1.29 is 89.3 Å². The van der Waals surface area contributed by atoms with Crippen molar-refractivity contribution in [1.82, 2.24) is 0 Å². The van der Waals surface area contributed by atoms with Gasteiger partial charge in [-0.25, -0.2) is 0 Å². The number of esters is 1. The van der Waals surface area contributed by atoms with Crippen molar-refractivity contribution in [3.63, 3.8) is 0 Å². The predicted molar refractivity (Wildman–Crippen MR) is 122 cm³/mol. The van der Waals surface area contributed by atoms with Gasteiger partial charge in [0.25, 0.3) is 10.1 Å². The fourth-order valence-electron chi connectivity index (χ4n) is 3.48. The zero-order valence-electron chi connectivity index (χ0n) is 22.9. The van der Waals surface area contributed by atoms with Crippen molar-refractivity contribution >= 4 is 22.0 Å². The molecular weight excluding hydrogens is 452 g/mol. The molecule has 2 atom stereocenters. The van der Waals surface area contributed by atoms with E-state index >= 15 is 0 Å². The van der Waals surface area contributed by atoms with E-state index in [0.29, 0.717) is 12.8 Å². The third-order valence-corrected chi connectivity index (χ3v) is 6.38. The van der Waals surface area contributed by atoms with Crippen molar-refractivity contribution in [3.8, 4) is 0 Å². The molecule has 0 radical (unpaired) electrons. The summed E-state index contributed by atoms with van der Waals surface area (Å²) in [5, 5.41) is -1.95. The van der Waals surface area contributed by atoms with E-state index < -0.39 is 39.8 Å². The first-order chi connectivity index (χ1) is 14.2. The number of unbranched alkanes of at least 4 members (excludes halogenated alkanes) is 11. The second kappa shape index (κ2) is 23.6. The number of primary amides is 1. The largest absolute Gasteiger partial charge is 1.00 e. The Labute approximate surface area is 243 Å². The molecule has 0 spiro atoms. The van der Waals surface area contributed by atoms with Crippen LogP contribution in [0.25, 0.3) is 0 Å². The summed E-state index contributed by atoms with van der Waals surface area (Å²) in [6, 6.07) is 0. The monoisotopic (exact) mass is 497 g/mol. The minimum Gasteiger partial charge on any atom is -1.00 e. The number of rotatable bonds is 20. The van der Waals surface area contributed by atoms with Crippen LogP contribution in [0.15, 0.2) is 0 Å². The molecule has 0 aromatic carbocycles. The second-order valence-electron chi connectivity index (χ2n) is 8.20. The quantitative estimate of drug-likeness (QED) is 0.0978. The number of amides is 1. The maximum absolute atomic E-state index is 12.3. The summed E-state index contributed by atoms with van der Waals surface area (Å²) in [7, 11) is -4.75. The fourth-order valence-corrected chi connectivity index (χ4v) is 4.15. The molecule has 7 nitrogen and oxygen atoms in total. The number of nitrogens with two attached hydrogens (primary N) is 1. The zero-order valence-corrected chi connectivity index (χ0v) is 25.8. The summed E-state index contributed by atoms with van der Waals surface area (Å²) < 4.78 is 37.7. The molecule has 10 heteroatoms. The van der Waals surface area contributed by atoms with Crippen LogP contribution in [0.3, 0.4) is 0 Å². The topological polar surface area (TPSA) is 124 Å². The van der Waals surface area contributed by atoms with E-state index in [1.165, 1.54) is 44.9 Å². The van der Waals surface area contributed by atoms with Gasteiger partial charge in [-0.15, -0.1) is 0 Å². The van der Waals surface area contributed by atoms with Gasteiger partial charge in [-0.3, -0.25) is 14.1 Å². The van der Waals surface area contributed by atoms with Gasteiger partial charge in [-0.1, -0.05) is 84.5 Å². The van der Waals surface area contributed by atoms with E-state index in [2.05, 4.69) is 13.8 Å². The van der Waals surface area contributed by atoms with E-state index in [9.17, 15) is 22.6 Å². The third-order valence-electron chi connectivity index (χ3n) is 5.30. The smallest absolute Gasteiger partial charge is 1.00 e. The Morgan fingerprint density at radius 2 is 1.19 bits per heavy atom. The molecule has 0 aliphatic carbocycles. The van der Waals surface area contributed by atoms with Gasteiger partial charge in [-0.05, 0) is 25.7 Å². The summed E-state index contributed by atoms with van der Waals surface area (Å²) in [4.78, 5) is 23.4. The number of carbonyl (C=O) groups is 2. The molecule has 3 N–H and O–H groups in total. The molecule has 0 aromatic rings. The second-order valence-corrected chi connectivity index (χ2v) is 9.80. The Hall–Kier alpha value is 0.850. The number of carbonyl (C=O) groups excluding carboxylic acids is 2. The Balaban J connectivity index is -0.000000701. The van der Waals surface area contributed by atoms with Crippen LogP contribution in [0.1, 0.15) is 119 Å². The van der Waals surface area contributed by atoms with Crippen LogP contribution in [0.4, 0.5) is 0 Å². The molecule has 32 heavy (non-hydrogen) atoms. The average molecular weight is 498 g/mol. The Morgan fingerprint density at radius 3 is 1.53 bits per heavy atom. The third kappa shape index (κ3) is 21.4. The van der Waals surface area contributed by atoms with Gasteiger partial charge < -0.3 is 13.3 Å². The first kappa shape index (κ1) is 37.4. The van der Waals surface area contributed by atoms with Crippen molar-refractivity contribution in [2.24, 2.45) is 5.73 Å². The van der Waals surface area contributed by atoms with Crippen molar-refractivity contribution in [3.05, 3.63) is 0 Å². The van der Waals surface area contributed by atoms with Crippen molar-refractivity contribution in [1.29, 1.82) is 0 Å². The molecule has 0 aliphatic rings. The Kier molecular flexibility index (Phi) is 27.6. The van der Waals surface area contributed by atoms with Crippen LogP contribution < -0.4 is 64.8 Å². The van der Waals surface area contributed by atoms with E-state index in [1.807, 2.05) is 0 Å². The summed E-state index contributed by atoms with van der Waals surface area (Å²) in [6.07, 6.45) is 14.7. The molecule has 1 amide bonds. The van der Waals surface area contributed by atoms with Crippen molar-refractivity contribution in [2.45, 2.75) is 128 Å². The molecule has 0 aliphatic heterocycles. The number of hydrogen-bond acceptors (Lipinski definition) is 5. The first-order valence-electron chi connectivity index (χ1n) is 11.7. The summed E-state index contributed by atoms with van der Waals surface area (Å²) >= 11 is 0. The van der Waals surface area contributed by atoms with E-state index in [-0.39, 0.29) is 62.0 Å². The van der Waals surface area contributed by atoms with Gasteiger partial charge in [-0.2, -0.15) is 8.42 Å². The van der Waals surface area contributed by atoms with Gasteiger partial charge in [0.1, 0.15) is 6.10 Å². The summed E-state index contributed by atoms with van der Waals surface area (Å²) in [5.41, 5.74) is 5.02. The number of hydrogen-bond donors (Lipinski definition) is 2. The van der Waals surface area contributed by atoms with Crippen LogP contribution in [0, 0.1) is 0 Å². The van der Waals surface area contributed by atoms with Gasteiger partial charge in [0.05, 0.1) is 6.42 Å². The first-order valence-corrected chi connectivity index (χ1v) is 13.2. The standard InChI is InChI=1S/C22H43NO6S.2Na.2H/c1-3-5-7-9-11-13-15-17-19(16-14-12-10-8-6-4-2)29-22(25)20(18-21(23)24)30(26,27)28;;;;/h19-20H,3-18H2,1-2H3,(H2,23,24)(H,26,27,28);;;;/q;2*+1;2*-1. The minimum absolute atomic E-state index is 0. The zero-order chi connectivity index (χ0) is 22.8. The predicted octanol–water partition coefficient (Wildman–Crippen LogP) is -0.846. The van der Waals surface area contributed by atoms with Crippen LogP contribution in [0.5, 0.6) is 0 Å². The SMILES string of the molecule is CCCCCCCCCC(CCCCCCCC)OC(=O)C(CC(N)=O)S(=O)(=O)O.[H-].[H-].[Na+].[Na+]. The molecule has 0 rings (SSSR count). The minimum atomic E-state index is -4.75. The number of ether oxygens (including phenoxy) is 1. The normalized spacial score (nSPS) is 12.8. The molecular formula is C22H45NNa2O6S. The molecule has 0 bridgehead atoms. The van der Waals surface area contributed by atoms with E-state index in [4.69, 9.17) is 10.5 Å². The van der Waals surface area contributed by atoms with Gasteiger partial charge in [0.15, 0.2) is 5.25 Å². The molecule has 0 fully saturated rings. The van der Waals surface area contributed by atoms with E-state index in [1.54, 1.807) is 0 Å². The molecule has 0 saturated heterocycles. The van der Waals surface area contributed by atoms with Crippen LogP contribution in [-0.2, 0) is 24.4 Å². The molecule has 0 aromatic heterocycles. The van der Waals surface area contributed by atoms with E-state index in [0.717, 1.165) is 38.5 Å². The maximum Gasteiger partial charge on any atom is 1.00 e. The molecule has 182 valence electrons. The molecule has 2 unspecified atom stereocenters. The molecule has 0 saturated carbocycles. The summed E-state index contributed by atoms with van der Waals surface area (Å²) in [5.74, 6) is -2.07. The van der Waals surface area contributed by atoms with Gasteiger partial charge >= 0.3 is 65.1 Å².